The van der Waals surface area contributed by atoms with Crippen LogP contribution in [-0.4, -0.2) is 27.9 Å². The molecule has 0 atom stereocenters. The lowest BCUT2D eigenvalue weighted by Crippen LogP contribution is -2.32. The molecule has 0 radical (unpaired) electrons. The van der Waals surface area contributed by atoms with E-state index < -0.39 is 26.1 Å². The predicted molar refractivity (Wildman–Crippen MR) is 69.7 cm³/mol. The normalized spacial score (nSPS) is 16.9. The number of carbonyl (C=O) groups excluding carboxylic acids is 1. The summed E-state index contributed by atoms with van der Waals surface area (Å²) in [5.41, 5.74) is -0.361. The van der Waals surface area contributed by atoms with Gasteiger partial charge >= 0.3 is 0 Å². The molecule has 0 saturated heterocycles. The molecule has 1 saturated carbocycles. The molecule has 20 heavy (non-hydrogen) atoms. The quantitative estimate of drug-likeness (QED) is 0.629. The molecule has 1 aromatic carbocycles. The molecule has 0 unspecified atom stereocenters. The number of rotatable bonds is 4. The number of sulfone groups is 1. The Bertz CT molecular complexity index is 689. The minimum absolute atomic E-state index is 0.0742. The van der Waals surface area contributed by atoms with Gasteiger partial charge in [0.25, 0.3) is 0 Å². The largest absolute Gasteiger partial charge is 0.495 e. The highest BCUT2D eigenvalue weighted by Crippen LogP contribution is 2.46. The highest BCUT2D eigenvalue weighted by atomic mass is 32.2. The van der Waals surface area contributed by atoms with E-state index in [0.29, 0.717) is 18.4 Å². The van der Waals surface area contributed by atoms with Gasteiger partial charge in [-0.05, 0) is 37.0 Å². The molecule has 1 aliphatic rings. The van der Waals surface area contributed by atoms with E-state index in [0.717, 1.165) is 18.7 Å². The molecule has 1 aliphatic carbocycles. The lowest BCUT2D eigenvalue weighted by molar-refractivity contribution is 0.253. The van der Waals surface area contributed by atoms with E-state index in [1.807, 2.05) is 0 Å². The van der Waals surface area contributed by atoms with Crippen LogP contribution in [0.2, 0.25) is 0 Å². The maximum atomic E-state index is 14.1. The Labute approximate surface area is 116 Å². The molecular formula is C13H14FNO4S. The first-order valence-corrected chi connectivity index (χ1v) is 7.90. The average Bonchev–Trinajstić information content (AvgIpc) is 2.30. The summed E-state index contributed by atoms with van der Waals surface area (Å²) in [5.74, 6) is -0.968. The van der Waals surface area contributed by atoms with E-state index >= 15 is 0 Å². The maximum Gasteiger partial charge on any atom is 0.235 e. The number of hydrogen-bond donors (Lipinski definition) is 0. The maximum absolute atomic E-state index is 14.1. The fraction of sp³-hybridized carbons (Fsp3) is 0.462. The van der Waals surface area contributed by atoms with Gasteiger partial charge < -0.3 is 4.74 Å². The summed E-state index contributed by atoms with van der Waals surface area (Å²) in [7, 11) is -2.48. The molecule has 0 amide bonds. The lowest BCUT2D eigenvalue weighted by Gasteiger charge is -2.37. The third kappa shape index (κ3) is 2.34. The van der Waals surface area contributed by atoms with Crippen molar-refractivity contribution in [3.63, 3.8) is 0 Å². The van der Waals surface area contributed by atoms with Crippen LogP contribution in [0.1, 0.15) is 24.8 Å². The smallest absolute Gasteiger partial charge is 0.235 e. The summed E-state index contributed by atoms with van der Waals surface area (Å²) in [5, 5.41) is 0. The van der Waals surface area contributed by atoms with Gasteiger partial charge in [0.1, 0.15) is 16.5 Å². The lowest BCUT2D eigenvalue weighted by atomic mass is 9.72. The molecule has 2 rings (SSSR count). The second-order valence-electron chi connectivity index (χ2n) is 4.85. The van der Waals surface area contributed by atoms with Crippen LogP contribution in [0.5, 0.6) is 5.75 Å². The van der Waals surface area contributed by atoms with Crippen LogP contribution in [0.3, 0.4) is 0 Å². The Morgan fingerprint density at radius 1 is 1.40 bits per heavy atom. The fourth-order valence-corrected chi connectivity index (χ4v) is 3.33. The van der Waals surface area contributed by atoms with Gasteiger partial charge in [0.2, 0.25) is 6.08 Å². The van der Waals surface area contributed by atoms with Crippen LogP contribution in [-0.2, 0) is 20.2 Å². The van der Waals surface area contributed by atoms with E-state index in [1.165, 1.54) is 19.3 Å². The molecule has 7 heteroatoms. The molecule has 0 aliphatic heterocycles. The third-order valence-corrected chi connectivity index (χ3v) is 4.72. The molecule has 0 spiro atoms. The zero-order chi connectivity index (χ0) is 15.0. The summed E-state index contributed by atoms with van der Waals surface area (Å²) in [6, 6.07) is 2.54. The van der Waals surface area contributed by atoms with E-state index in [9.17, 15) is 17.6 Å². The van der Waals surface area contributed by atoms with Crippen LogP contribution < -0.4 is 4.74 Å². The van der Waals surface area contributed by atoms with Crippen LogP contribution in [0.25, 0.3) is 0 Å². The first kappa shape index (κ1) is 14.7. The zero-order valence-electron chi connectivity index (χ0n) is 11.1. The molecule has 5 nitrogen and oxygen atoms in total. The number of isocyanates is 1. The number of ether oxygens (including phenoxy) is 1. The van der Waals surface area contributed by atoms with Crippen molar-refractivity contribution in [2.75, 3.05) is 13.4 Å². The van der Waals surface area contributed by atoms with Gasteiger partial charge in [-0.3, -0.25) is 0 Å². The van der Waals surface area contributed by atoms with E-state index in [2.05, 4.69) is 4.99 Å². The number of halogens is 1. The van der Waals surface area contributed by atoms with E-state index in [-0.39, 0.29) is 5.75 Å². The summed E-state index contributed by atoms with van der Waals surface area (Å²) in [4.78, 5) is 13.8. The number of aliphatic imine (C=N–C) groups is 1. The third-order valence-electron chi connectivity index (χ3n) is 3.58. The van der Waals surface area contributed by atoms with Gasteiger partial charge in [-0.25, -0.2) is 17.6 Å². The van der Waals surface area contributed by atoms with Crippen molar-refractivity contribution in [3.8, 4) is 5.75 Å². The topological polar surface area (TPSA) is 72.8 Å². The standard InChI is InChI=1S/C13H14FNO4S/c1-19-11-7-9(13(15-8-16)4-3-5-13)6-10(14)12(11)20(2,17)18/h6-7H,3-5H2,1-2H3. The Morgan fingerprint density at radius 3 is 2.45 bits per heavy atom. The summed E-state index contributed by atoms with van der Waals surface area (Å²) in [6.45, 7) is 0. The van der Waals surface area contributed by atoms with Crippen molar-refractivity contribution < 1.29 is 22.3 Å². The molecule has 0 aromatic heterocycles. The van der Waals surface area contributed by atoms with Crippen LogP contribution >= 0.6 is 0 Å². The average molecular weight is 299 g/mol. The van der Waals surface area contributed by atoms with Gasteiger partial charge in [-0.2, -0.15) is 4.99 Å². The number of nitrogens with zero attached hydrogens (tertiary/aromatic N) is 1. The van der Waals surface area contributed by atoms with Crippen molar-refractivity contribution in [2.24, 2.45) is 4.99 Å². The van der Waals surface area contributed by atoms with Crippen LogP contribution in [0.15, 0.2) is 22.0 Å². The Hall–Kier alpha value is -1.72. The van der Waals surface area contributed by atoms with E-state index in [1.54, 1.807) is 0 Å². The molecule has 0 N–H and O–H groups in total. The van der Waals surface area contributed by atoms with Crippen molar-refractivity contribution in [3.05, 3.63) is 23.5 Å². The number of benzene rings is 1. The summed E-state index contributed by atoms with van der Waals surface area (Å²) >= 11 is 0. The predicted octanol–water partition coefficient (Wildman–Crippen LogP) is 1.95. The molecule has 108 valence electrons. The summed E-state index contributed by atoms with van der Waals surface area (Å²) < 4.78 is 42.3. The van der Waals surface area contributed by atoms with Crippen LogP contribution in [0, 0.1) is 5.82 Å². The first-order chi connectivity index (χ1) is 9.34. The van der Waals surface area contributed by atoms with E-state index in [4.69, 9.17) is 4.74 Å². The molecule has 1 aromatic rings. The Kier molecular flexibility index (Phi) is 3.67. The highest BCUT2D eigenvalue weighted by Gasteiger charge is 2.40. The summed E-state index contributed by atoms with van der Waals surface area (Å²) in [6.07, 6.45) is 4.48. The monoisotopic (exact) mass is 299 g/mol. The first-order valence-electron chi connectivity index (χ1n) is 6.01. The Balaban J connectivity index is 2.65. The second-order valence-corrected chi connectivity index (χ2v) is 6.80. The minimum Gasteiger partial charge on any atom is -0.495 e. The minimum atomic E-state index is -3.75. The van der Waals surface area contributed by atoms with Crippen molar-refractivity contribution in [2.45, 2.75) is 29.7 Å². The van der Waals surface area contributed by atoms with Crippen molar-refractivity contribution in [1.82, 2.24) is 0 Å². The molecular weight excluding hydrogens is 285 g/mol. The van der Waals surface area contributed by atoms with Gasteiger partial charge in [-0.1, -0.05) is 0 Å². The Morgan fingerprint density at radius 2 is 2.05 bits per heavy atom. The van der Waals surface area contributed by atoms with Crippen molar-refractivity contribution >= 4 is 15.9 Å². The van der Waals surface area contributed by atoms with Gasteiger partial charge in [-0.15, -0.1) is 0 Å². The number of hydrogen-bond acceptors (Lipinski definition) is 5. The molecule has 0 heterocycles. The van der Waals surface area contributed by atoms with Crippen LogP contribution in [0.4, 0.5) is 4.39 Å². The highest BCUT2D eigenvalue weighted by molar-refractivity contribution is 7.90. The zero-order valence-corrected chi connectivity index (χ0v) is 12.0. The van der Waals surface area contributed by atoms with Gasteiger partial charge in [0.05, 0.1) is 12.6 Å². The second kappa shape index (κ2) is 5.00. The van der Waals surface area contributed by atoms with Crippen molar-refractivity contribution in [1.29, 1.82) is 0 Å². The molecule has 1 fully saturated rings. The van der Waals surface area contributed by atoms with Gasteiger partial charge in [0, 0.05) is 6.26 Å². The number of methoxy groups -OCH3 is 1. The SMILES string of the molecule is COc1cc(C2(N=C=O)CCC2)cc(F)c1S(C)(=O)=O. The fourth-order valence-electron chi connectivity index (χ4n) is 2.41. The molecule has 0 bridgehead atoms. The van der Waals surface area contributed by atoms with Gasteiger partial charge in [0.15, 0.2) is 9.84 Å².